The molecule has 0 fully saturated rings. The van der Waals surface area contributed by atoms with Crippen molar-refractivity contribution in [3.05, 3.63) is 16.7 Å². The monoisotopic (exact) mass is 144 g/mol. The zero-order chi connectivity index (χ0) is 6.85. The van der Waals surface area contributed by atoms with Crippen LogP contribution in [0.4, 0.5) is 0 Å². The van der Waals surface area contributed by atoms with Crippen LogP contribution in [-0.2, 0) is 6.54 Å². The SMILES string of the molecule is CCn1cc(S)[nH]c1=O. The largest absolute Gasteiger partial charge is 0.326 e. The number of H-pyrrole nitrogens is 1. The molecule has 0 bridgehead atoms. The summed E-state index contributed by atoms with van der Waals surface area (Å²) >= 11 is 3.95. The second-order valence-corrected chi connectivity index (χ2v) is 2.21. The Kier molecular flexibility index (Phi) is 1.66. The summed E-state index contributed by atoms with van der Waals surface area (Å²) in [6.07, 6.45) is 1.67. The lowest BCUT2D eigenvalue weighted by atomic mass is 10.7. The first kappa shape index (κ1) is 6.48. The molecule has 9 heavy (non-hydrogen) atoms. The summed E-state index contributed by atoms with van der Waals surface area (Å²) in [5.74, 6) is 0. The number of thiol groups is 1. The van der Waals surface area contributed by atoms with E-state index in [2.05, 4.69) is 17.6 Å². The van der Waals surface area contributed by atoms with Gasteiger partial charge in [-0.3, -0.25) is 4.57 Å². The van der Waals surface area contributed by atoms with Gasteiger partial charge >= 0.3 is 5.69 Å². The highest BCUT2D eigenvalue weighted by Gasteiger charge is 1.93. The Morgan fingerprint density at radius 3 is 2.78 bits per heavy atom. The number of imidazole rings is 1. The third kappa shape index (κ3) is 1.18. The van der Waals surface area contributed by atoms with Gasteiger partial charge in [0.15, 0.2) is 0 Å². The lowest BCUT2D eigenvalue weighted by molar-refractivity contribution is 0.729. The average Bonchev–Trinajstić information content (AvgIpc) is 2.10. The summed E-state index contributed by atoms with van der Waals surface area (Å²) in [6, 6.07) is 0. The van der Waals surface area contributed by atoms with Gasteiger partial charge in [-0.2, -0.15) is 0 Å². The molecule has 0 aromatic carbocycles. The maximum Gasteiger partial charge on any atom is 0.326 e. The number of hydrogen-bond donors (Lipinski definition) is 2. The van der Waals surface area contributed by atoms with E-state index in [4.69, 9.17) is 0 Å². The highest BCUT2D eigenvalue weighted by Crippen LogP contribution is 1.94. The Balaban J connectivity index is 3.16. The second kappa shape index (κ2) is 2.31. The molecule has 1 aromatic rings. The van der Waals surface area contributed by atoms with Gasteiger partial charge < -0.3 is 4.98 Å². The molecule has 0 spiro atoms. The van der Waals surface area contributed by atoms with Crippen molar-refractivity contribution in [2.24, 2.45) is 0 Å². The highest BCUT2D eigenvalue weighted by atomic mass is 32.1. The van der Waals surface area contributed by atoms with Crippen LogP contribution in [0.2, 0.25) is 0 Å². The molecule has 0 aliphatic carbocycles. The molecule has 3 nitrogen and oxygen atoms in total. The molecule has 50 valence electrons. The molecule has 0 radical (unpaired) electrons. The van der Waals surface area contributed by atoms with Gasteiger partial charge in [0, 0.05) is 12.7 Å². The minimum Gasteiger partial charge on any atom is -0.301 e. The van der Waals surface area contributed by atoms with E-state index in [0.717, 1.165) is 0 Å². The third-order valence-electron chi connectivity index (χ3n) is 1.11. The van der Waals surface area contributed by atoms with E-state index in [-0.39, 0.29) is 5.69 Å². The van der Waals surface area contributed by atoms with Crippen LogP contribution >= 0.6 is 12.6 Å². The zero-order valence-electron chi connectivity index (χ0n) is 5.09. The van der Waals surface area contributed by atoms with E-state index in [0.29, 0.717) is 11.6 Å². The molecule has 0 aliphatic rings. The Bertz CT molecular complexity index is 250. The van der Waals surface area contributed by atoms with Crippen molar-refractivity contribution >= 4 is 12.6 Å². The Hall–Kier alpha value is -0.640. The van der Waals surface area contributed by atoms with Crippen LogP contribution in [0.1, 0.15) is 6.92 Å². The molecule has 0 unspecified atom stereocenters. The zero-order valence-corrected chi connectivity index (χ0v) is 5.98. The minimum atomic E-state index is -0.0949. The fourth-order valence-corrected chi connectivity index (χ4v) is 0.890. The topological polar surface area (TPSA) is 37.8 Å². The van der Waals surface area contributed by atoms with Gasteiger partial charge in [0.2, 0.25) is 0 Å². The number of aryl methyl sites for hydroxylation is 1. The first-order valence-electron chi connectivity index (χ1n) is 2.72. The van der Waals surface area contributed by atoms with Crippen LogP contribution in [-0.4, -0.2) is 9.55 Å². The van der Waals surface area contributed by atoms with Gasteiger partial charge in [0.05, 0.1) is 5.03 Å². The molecule has 0 amide bonds. The van der Waals surface area contributed by atoms with E-state index < -0.39 is 0 Å². The quantitative estimate of drug-likeness (QED) is 0.553. The normalized spacial score (nSPS) is 10.0. The maximum atomic E-state index is 10.7. The average molecular weight is 144 g/mol. The molecule has 0 aliphatic heterocycles. The van der Waals surface area contributed by atoms with Gasteiger partial charge in [-0.05, 0) is 6.92 Å². The third-order valence-corrected chi connectivity index (χ3v) is 1.34. The Labute approximate surface area is 58.1 Å². The predicted molar refractivity (Wildman–Crippen MR) is 38.0 cm³/mol. The van der Waals surface area contributed by atoms with Crippen LogP contribution < -0.4 is 5.69 Å². The number of hydrogen-bond acceptors (Lipinski definition) is 2. The van der Waals surface area contributed by atoms with Gasteiger partial charge in [-0.15, -0.1) is 12.6 Å². The smallest absolute Gasteiger partial charge is 0.301 e. The summed E-state index contributed by atoms with van der Waals surface area (Å²) in [5, 5.41) is 0.613. The van der Waals surface area contributed by atoms with Crippen molar-refractivity contribution in [2.75, 3.05) is 0 Å². The van der Waals surface area contributed by atoms with Gasteiger partial charge in [-0.1, -0.05) is 0 Å². The fourth-order valence-electron chi connectivity index (χ4n) is 0.655. The van der Waals surface area contributed by atoms with Crippen molar-refractivity contribution in [1.29, 1.82) is 0 Å². The van der Waals surface area contributed by atoms with Crippen molar-refractivity contribution in [3.63, 3.8) is 0 Å². The number of nitrogens with zero attached hydrogens (tertiary/aromatic N) is 1. The first-order valence-corrected chi connectivity index (χ1v) is 3.17. The minimum absolute atomic E-state index is 0.0949. The Morgan fingerprint density at radius 2 is 2.56 bits per heavy atom. The molecule has 4 heteroatoms. The highest BCUT2D eigenvalue weighted by molar-refractivity contribution is 7.80. The van der Waals surface area contributed by atoms with Crippen LogP contribution in [0, 0.1) is 0 Å². The van der Waals surface area contributed by atoms with Gasteiger partial charge in [-0.25, -0.2) is 4.79 Å². The van der Waals surface area contributed by atoms with E-state index >= 15 is 0 Å². The van der Waals surface area contributed by atoms with Crippen molar-refractivity contribution < 1.29 is 0 Å². The van der Waals surface area contributed by atoms with Crippen molar-refractivity contribution in [1.82, 2.24) is 9.55 Å². The number of nitrogens with one attached hydrogen (secondary N) is 1. The van der Waals surface area contributed by atoms with Crippen LogP contribution in [0.5, 0.6) is 0 Å². The van der Waals surface area contributed by atoms with Crippen LogP contribution in [0.25, 0.3) is 0 Å². The van der Waals surface area contributed by atoms with E-state index in [9.17, 15) is 4.79 Å². The summed E-state index contributed by atoms with van der Waals surface area (Å²) in [5.41, 5.74) is -0.0949. The number of aromatic nitrogens is 2. The van der Waals surface area contributed by atoms with Crippen molar-refractivity contribution in [2.45, 2.75) is 18.5 Å². The summed E-state index contributed by atoms with van der Waals surface area (Å²) in [7, 11) is 0. The lowest BCUT2D eigenvalue weighted by Crippen LogP contribution is -2.14. The van der Waals surface area contributed by atoms with Gasteiger partial charge in [0.1, 0.15) is 0 Å². The molecule has 1 N–H and O–H groups in total. The summed E-state index contributed by atoms with van der Waals surface area (Å²) in [6.45, 7) is 2.60. The number of rotatable bonds is 1. The van der Waals surface area contributed by atoms with E-state index in [1.807, 2.05) is 6.92 Å². The van der Waals surface area contributed by atoms with E-state index in [1.165, 1.54) is 0 Å². The molecule has 0 saturated heterocycles. The summed E-state index contributed by atoms with van der Waals surface area (Å²) in [4.78, 5) is 13.3. The molecular formula is C5H8N2OS. The fraction of sp³-hybridized carbons (Fsp3) is 0.400. The molecule has 0 atom stereocenters. The predicted octanol–water partition coefficient (Wildman–Crippen LogP) is 0.485. The lowest BCUT2D eigenvalue weighted by Gasteiger charge is -1.87. The van der Waals surface area contributed by atoms with E-state index in [1.54, 1.807) is 10.8 Å². The molecule has 1 heterocycles. The second-order valence-electron chi connectivity index (χ2n) is 1.73. The molecular weight excluding hydrogens is 136 g/mol. The van der Waals surface area contributed by atoms with Crippen LogP contribution in [0.3, 0.4) is 0 Å². The van der Waals surface area contributed by atoms with Gasteiger partial charge in [0.25, 0.3) is 0 Å². The molecule has 1 rings (SSSR count). The standard InChI is InChI=1S/C5H8N2OS/c1-2-7-3-4(9)6-5(7)8/h3,9H,2H2,1H3,(H,6,8). The van der Waals surface area contributed by atoms with Crippen molar-refractivity contribution in [3.8, 4) is 0 Å². The first-order chi connectivity index (χ1) is 4.24. The molecule has 0 saturated carbocycles. The maximum absolute atomic E-state index is 10.7. The summed E-state index contributed by atoms with van der Waals surface area (Å²) < 4.78 is 1.56. The Morgan fingerprint density at radius 1 is 1.89 bits per heavy atom. The molecule has 1 aromatic heterocycles. The number of aromatic amines is 1. The van der Waals surface area contributed by atoms with Crippen LogP contribution in [0.15, 0.2) is 16.0 Å².